The van der Waals surface area contributed by atoms with E-state index < -0.39 is 0 Å². The molecule has 0 aromatic carbocycles. The van der Waals surface area contributed by atoms with Crippen molar-refractivity contribution < 1.29 is 14.6 Å². The summed E-state index contributed by atoms with van der Waals surface area (Å²) >= 11 is 0. The van der Waals surface area contributed by atoms with Gasteiger partial charge in [0.15, 0.2) is 5.76 Å². The maximum atomic E-state index is 12.0. The van der Waals surface area contributed by atoms with Crippen molar-refractivity contribution in [3.63, 3.8) is 0 Å². The largest absolute Gasteiger partial charge is 0.488 e. The summed E-state index contributed by atoms with van der Waals surface area (Å²) in [6.45, 7) is 1.08. The van der Waals surface area contributed by atoms with Crippen LogP contribution in [0.3, 0.4) is 0 Å². The number of allylic oxidation sites excluding steroid dienone is 1. The van der Waals surface area contributed by atoms with E-state index in [2.05, 4.69) is 0 Å². The van der Waals surface area contributed by atoms with Crippen molar-refractivity contribution in [2.75, 3.05) is 19.8 Å². The highest BCUT2D eigenvalue weighted by Gasteiger charge is 2.34. The molecule has 0 unspecified atom stereocenters. The number of rotatable bonds is 4. The lowest BCUT2D eigenvalue weighted by atomic mass is 10.2. The van der Waals surface area contributed by atoms with Crippen LogP contribution in [0.1, 0.15) is 25.7 Å². The number of hydrogen-bond acceptors (Lipinski definition) is 3. The molecule has 2 rings (SSSR count). The van der Waals surface area contributed by atoms with E-state index in [-0.39, 0.29) is 12.5 Å². The van der Waals surface area contributed by atoms with E-state index in [1.54, 1.807) is 4.90 Å². The number of aliphatic hydroxyl groups excluding tert-OH is 1. The number of carbonyl (C=O) groups excluding carboxylic acids is 1. The Bertz CT molecular complexity index is 271. The maximum Gasteiger partial charge on any atom is 0.288 e. The first-order valence-corrected chi connectivity index (χ1v) is 5.57. The molecule has 4 heteroatoms. The first-order valence-electron chi connectivity index (χ1n) is 5.57. The molecule has 0 radical (unpaired) electrons. The van der Waals surface area contributed by atoms with E-state index in [9.17, 15) is 4.79 Å². The third-order valence-corrected chi connectivity index (χ3v) is 2.74. The quantitative estimate of drug-likeness (QED) is 0.743. The van der Waals surface area contributed by atoms with Gasteiger partial charge in [0.25, 0.3) is 5.91 Å². The Morgan fingerprint density at radius 1 is 1.60 bits per heavy atom. The molecule has 4 nitrogen and oxygen atoms in total. The highest BCUT2D eigenvalue weighted by molar-refractivity contribution is 5.92. The monoisotopic (exact) mass is 211 g/mol. The predicted octanol–water partition coefficient (Wildman–Crippen LogP) is 0.664. The van der Waals surface area contributed by atoms with Gasteiger partial charge in [-0.2, -0.15) is 0 Å². The molecule has 0 spiro atoms. The lowest BCUT2D eigenvalue weighted by Crippen LogP contribution is -2.37. The minimum atomic E-state index is -0.0498. The van der Waals surface area contributed by atoms with E-state index in [1.165, 1.54) is 0 Å². The van der Waals surface area contributed by atoms with Gasteiger partial charge in [0, 0.05) is 12.6 Å². The fourth-order valence-corrected chi connectivity index (χ4v) is 1.79. The molecule has 15 heavy (non-hydrogen) atoms. The Hall–Kier alpha value is -1.03. The highest BCUT2D eigenvalue weighted by Crippen LogP contribution is 2.28. The number of nitrogens with zero attached hydrogens (tertiary/aromatic N) is 1. The summed E-state index contributed by atoms with van der Waals surface area (Å²) in [5, 5.41) is 8.91. The summed E-state index contributed by atoms with van der Waals surface area (Å²) in [4.78, 5) is 13.7. The van der Waals surface area contributed by atoms with Crippen LogP contribution in [0.5, 0.6) is 0 Å². The van der Waals surface area contributed by atoms with Crippen LogP contribution in [0.15, 0.2) is 11.8 Å². The van der Waals surface area contributed by atoms with Crippen molar-refractivity contribution in [2.45, 2.75) is 31.7 Å². The Kier molecular flexibility index (Phi) is 3.26. The number of aliphatic hydroxyl groups is 1. The Balaban J connectivity index is 1.99. The van der Waals surface area contributed by atoms with E-state index in [4.69, 9.17) is 9.84 Å². The normalized spacial score (nSPS) is 20.5. The second-order valence-electron chi connectivity index (χ2n) is 4.01. The van der Waals surface area contributed by atoms with Crippen molar-refractivity contribution in [3.8, 4) is 0 Å². The zero-order chi connectivity index (χ0) is 10.7. The molecule has 2 aliphatic rings. The summed E-state index contributed by atoms with van der Waals surface area (Å²) in [5.41, 5.74) is 0. The third kappa shape index (κ3) is 2.50. The third-order valence-electron chi connectivity index (χ3n) is 2.74. The molecule has 1 amide bonds. The van der Waals surface area contributed by atoms with Crippen LogP contribution < -0.4 is 0 Å². The fraction of sp³-hybridized carbons (Fsp3) is 0.727. The van der Waals surface area contributed by atoms with Crippen LogP contribution in [0.2, 0.25) is 0 Å². The standard InChI is InChI=1S/C11H17NO3/c13-7-6-12(9-4-5-9)11(14)10-3-1-2-8-15-10/h3,9,13H,1-2,4-8H2. The van der Waals surface area contributed by atoms with Crippen LogP contribution >= 0.6 is 0 Å². The smallest absolute Gasteiger partial charge is 0.288 e. The molecule has 0 bridgehead atoms. The lowest BCUT2D eigenvalue weighted by molar-refractivity contribution is -0.132. The van der Waals surface area contributed by atoms with Gasteiger partial charge in [-0.15, -0.1) is 0 Å². The van der Waals surface area contributed by atoms with Gasteiger partial charge in [-0.25, -0.2) is 0 Å². The summed E-state index contributed by atoms with van der Waals surface area (Å²) in [6.07, 6.45) is 5.87. The Labute approximate surface area is 89.5 Å². The van der Waals surface area contributed by atoms with Crippen molar-refractivity contribution in [3.05, 3.63) is 11.8 Å². The molecule has 1 aliphatic carbocycles. The molecule has 0 aromatic heterocycles. The summed E-state index contributed by atoms with van der Waals surface area (Å²) in [5.74, 6) is 0.424. The zero-order valence-corrected chi connectivity index (χ0v) is 8.82. The molecule has 1 aliphatic heterocycles. The zero-order valence-electron chi connectivity index (χ0n) is 8.82. The van der Waals surface area contributed by atoms with Crippen LogP contribution in [0, 0.1) is 0 Å². The van der Waals surface area contributed by atoms with Gasteiger partial charge in [0.1, 0.15) is 0 Å². The molecule has 0 atom stereocenters. The lowest BCUT2D eigenvalue weighted by Gasteiger charge is -2.24. The average Bonchev–Trinajstić information content (AvgIpc) is 3.10. The van der Waals surface area contributed by atoms with Gasteiger partial charge in [0.2, 0.25) is 0 Å². The van der Waals surface area contributed by atoms with E-state index in [0.29, 0.717) is 25.0 Å². The van der Waals surface area contributed by atoms with Gasteiger partial charge in [-0.3, -0.25) is 4.79 Å². The summed E-state index contributed by atoms with van der Waals surface area (Å²) in [6, 6.07) is 0.330. The molecule has 1 heterocycles. The SMILES string of the molecule is O=C(C1=CCCCO1)N(CCO)C1CC1. The Morgan fingerprint density at radius 3 is 2.93 bits per heavy atom. The van der Waals surface area contributed by atoms with Crippen molar-refractivity contribution in [1.82, 2.24) is 4.90 Å². The molecule has 1 fully saturated rings. The van der Waals surface area contributed by atoms with E-state index >= 15 is 0 Å². The van der Waals surface area contributed by atoms with Crippen LogP contribution in [-0.4, -0.2) is 41.7 Å². The minimum Gasteiger partial charge on any atom is -0.488 e. The van der Waals surface area contributed by atoms with Gasteiger partial charge in [0.05, 0.1) is 13.2 Å². The minimum absolute atomic E-state index is 0.0233. The van der Waals surface area contributed by atoms with Gasteiger partial charge in [-0.1, -0.05) is 0 Å². The van der Waals surface area contributed by atoms with E-state index in [1.807, 2.05) is 6.08 Å². The predicted molar refractivity (Wildman–Crippen MR) is 55.1 cm³/mol. The fourth-order valence-electron chi connectivity index (χ4n) is 1.79. The summed E-state index contributed by atoms with van der Waals surface area (Å²) in [7, 11) is 0. The van der Waals surface area contributed by atoms with Crippen LogP contribution in [0.4, 0.5) is 0 Å². The first-order chi connectivity index (χ1) is 7.33. The number of hydrogen-bond donors (Lipinski definition) is 1. The first kappa shape index (κ1) is 10.5. The van der Waals surface area contributed by atoms with Gasteiger partial charge < -0.3 is 14.7 Å². The Morgan fingerprint density at radius 2 is 2.40 bits per heavy atom. The van der Waals surface area contributed by atoms with Crippen molar-refractivity contribution in [1.29, 1.82) is 0 Å². The van der Waals surface area contributed by atoms with E-state index in [0.717, 1.165) is 25.7 Å². The molecule has 1 N–H and O–H groups in total. The number of amides is 1. The molecular weight excluding hydrogens is 194 g/mol. The maximum absolute atomic E-state index is 12.0. The van der Waals surface area contributed by atoms with Gasteiger partial charge in [-0.05, 0) is 31.8 Å². The summed E-state index contributed by atoms with van der Waals surface area (Å²) < 4.78 is 5.33. The van der Waals surface area contributed by atoms with Crippen molar-refractivity contribution >= 4 is 5.91 Å². The topological polar surface area (TPSA) is 49.8 Å². The second kappa shape index (κ2) is 4.66. The second-order valence-corrected chi connectivity index (χ2v) is 4.01. The average molecular weight is 211 g/mol. The number of ether oxygens (including phenoxy) is 1. The number of carbonyl (C=O) groups is 1. The van der Waals surface area contributed by atoms with Crippen molar-refractivity contribution in [2.24, 2.45) is 0 Å². The highest BCUT2D eigenvalue weighted by atomic mass is 16.5. The molecule has 0 saturated heterocycles. The van der Waals surface area contributed by atoms with Crippen LogP contribution in [0.25, 0.3) is 0 Å². The molecule has 1 saturated carbocycles. The molecular formula is C11H17NO3. The molecule has 0 aromatic rings. The van der Waals surface area contributed by atoms with Gasteiger partial charge >= 0.3 is 0 Å². The molecule has 84 valence electrons. The van der Waals surface area contributed by atoms with Crippen LogP contribution in [-0.2, 0) is 9.53 Å².